The van der Waals surface area contributed by atoms with Crippen LogP contribution in [0.2, 0.25) is 0 Å². The molecule has 2 aliphatic rings. The summed E-state index contributed by atoms with van der Waals surface area (Å²) in [7, 11) is 0. The third-order valence-corrected chi connectivity index (χ3v) is 6.95. The molecule has 2 aromatic rings. The Morgan fingerprint density at radius 2 is 2.04 bits per heavy atom. The van der Waals surface area contributed by atoms with E-state index in [4.69, 9.17) is 0 Å². The first-order valence-electron chi connectivity index (χ1n) is 9.86. The minimum atomic E-state index is -0.360. The largest absolute Gasteiger partial charge is 0.335 e. The van der Waals surface area contributed by atoms with Gasteiger partial charge in [-0.25, -0.2) is 0 Å². The minimum Gasteiger partial charge on any atom is -0.335 e. The number of hydrogen-bond acceptors (Lipinski definition) is 5. The predicted molar refractivity (Wildman–Crippen MR) is 110 cm³/mol. The molecule has 0 N–H and O–H groups in total. The number of nitro benzene ring substituents is 1. The average Bonchev–Trinajstić information content (AvgIpc) is 3.11. The van der Waals surface area contributed by atoms with Crippen LogP contribution in [0.25, 0.3) is 0 Å². The summed E-state index contributed by atoms with van der Waals surface area (Å²) in [6.07, 6.45) is 3.42. The normalized spacial score (nSPS) is 20.0. The molecule has 1 aromatic heterocycles. The van der Waals surface area contributed by atoms with E-state index in [1.807, 2.05) is 11.0 Å². The molecule has 7 heteroatoms. The van der Waals surface area contributed by atoms with E-state index < -0.39 is 0 Å². The van der Waals surface area contributed by atoms with Gasteiger partial charge in [0.25, 0.3) is 11.6 Å². The number of fused-ring (bicyclic) bond motifs is 1. The van der Waals surface area contributed by atoms with Gasteiger partial charge < -0.3 is 4.90 Å². The fourth-order valence-electron chi connectivity index (χ4n) is 4.10. The van der Waals surface area contributed by atoms with Crippen LogP contribution in [0.15, 0.2) is 30.3 Å². The molecule has 1 atom stereocenters. The molecule has 0 saturated carbocycles. The summed E-state index contributed by atoms with van der Waals surface area (Å²) >= 11 is 1.68. The van der Waals surface area contributed by atoms with Crippen LogP contribution < -0.4 is 0 Å². The number of benzene rings is 1. The fraction of sp³-hybridized carbons (Fsp3) is 0.476. The lowest BCUT2D eigenvalue weighted by molar-refractivity contribution is -0.384. The quantitative estimate of drug-likeness (QED) is 0.580. The van der Waals surface area contributed by atoms with Gasteiger partial charge >= 0.3 is 0 Å². The van der Waals surface area contributed by atoms with Gasteiger partial charge in [-0.15, -0.1) is 11.3 Å². The number of carbonyl (C=O) groups excluding carboxylic acids is 1. The van der Waals surface area contributed by atoms with Crippen molar-refractivity contribution in [3.8, 4) is 0 Å². The number of thiophene rings is 1. The predicted octanol–water partition coefficient (Wildman–Crippen LogP) is 3.74. The highest BCUT2D eigenvalue weighted by atomic mass is 32.1. The Morgan fingerprint density at radius 3 is 2.79 bits per heavy atom. The summed E-state index contributed by atoms with van der Waals surface area (Å²) in [5, 5.41) is 10.9. The Balaban J connectivity index is 1.34. The summed E-state index contributed by atoms with van der Waals surface area (Å²) in [5.74, 6) is 0.865. The zero-order valence-electron chi connectivity index (χ0n) is 16.1. The maximum atomic E-state index is 12.9. The first-order chi connectivity index (χ1) is 13.5. The second-order valence-electron chi connectivity index (χ2n) is 7.90. The number of nitrogens with zero attached hydrogens (tertiary/aromatic N) is 3. The summed E-state index contributed by atoms with van der Waals surface area (Å²) in [4.78, 5) is 30.0. The van der Waals surface area contributed by atoms with Crippen molar-refractivity contribution < 1.29 is 9.72 Å². The Hall–Kier alpha value is -2.25. The molecule has 4 rings (SSSR count). The van der Waals surface area contributed by atoms with E-state index in [9.17, 15) is 14.9 Å². The number of piperazine rings is 1. The van der Waals surface area contributed by atoms with E-state index in [1.54, 1.807) is 23.5 Å². The lowest BCUT2D eigenvalue weighted by Crippen LogP contribution is -2.48. The maximum absolute atomic E-state index is 12.9. The molecule has 28 heavy (non-hydrogen) atoms. The average molecular weight is 400 g/mol. The number of rotatable bonds is 4. The van der Waals surface area contributed by atoms with Gasteiger partial charge in [0.05, 0.1) is 9.80 Å². The van der Waals surface area contributed by atoms with Crippen LogP contribution in [0.3, 0.4) is 0 Å². The summed E-state index contributed by atoms with van der Waals surface area (Å²) < 4.78 is 0. The molecule has 1 aliphatic heterocycles. The SMILES string of the molecule is CC1CCc2sc(C(=O)N3CCN(Cc4cccc([N+](=O)[O-])c4)CC3)cc2C1. The van der Waals surface area contributed by atoms with E-state index in [1.165, 1.54) is 22.9 Å². The van der Waals surface area contributed by atoms with E-state index in [-0.39, 0.29) is 16.5 Å². The topological polar surface area (TPSA) is 66.7 Å². The highest BCUT2D eigenvalue weighted by molar-refractivity contribution is 7.14. The highest BCUT2D eigenvalue weighted by Gasteiger charge is 2.26. The standard InChI is InChI=1S/C21H25N3O3S/c1-15-5-6-19-17(11-15)13-20(28-19)21(25)23-9-7-22(8-10-23)14-16-3-2-4-18(12-16)24(26)27/h2-4,12-13,15H,5-11,14H2,1H3. The van der Waals surface area contributed by atoms with Crippen molar-refractivity contribution in [1.82, 2.24) is 9.80 Å². The Labute approximate surface area is 168 Å². The molecule has 0 radical (unpaired) electrons. The second-order valence-corrected chi connectivity index (χ2v) is 9.04. The zero-order chi connectivity index (χ0) is 19.7. The molecule has 2 heterocycles. The number of carbonyl (C=O) groups is 1. The number of amides is 1. The molecule has 1 unspecified atom stereocenters. The molecule has 1 fully saturated rings. The van der Waals surface area contributed by atoms with Gasteiger partial charge in [-0.3, -0.25) is 19.8 Å². The molecule has 1 amide bonds. The van der Waals surface area contributed by atoms with Crippen molar-refractivity contribution in [3.05, 3.63) is 61.3 Å². The third kappa shape index (κ3) is 4.10. The number of hydrogen-bond donors (Lipinski definition) is 0. The molecule has 1 saturated heterocycles. The molecule has 1 aliphatic carbocycles. The Kier molecular flexibility index (Phi) is 5.46. The van der Waals surface area contributed by atoms with Crippen molar-refractivity contribution in [2.45, 2.75) is 32.7 Å². The summed E-state index contributed by atoms with van der Waals surface area (Å²) in [6, 6.07) is 8.91. The number of nitro groups is 1. The monoisotopic (exact) mass is 399 g/mol. The van der Waals surface area contributed by atoms with Gasteiger partial charge in [0.1, 0.15) is 0 Å². The second kappa shape index (κ2) is 8.01. The fourth-order valence-corrected chi connectivity index (χ4v) is 5.28. The van der Waals surface area contributed by atoms with E-state index >= 15 is 0 Å². The van der Waals surface area contributed by atoms with Gasteiger partial charge in [-0.05, 0) is 42.4 Å². The molecule has 0 bridgehead atoms. The molecule has 6 nitrogen and oxygen atoms in total. The van der Waals surface area contributed by atoms with Crippen LogP contribution >= 0.6 is 11.3 Å². The van der Waals surface area contributed by atoms with Crippen LogP contribution in [0.1, 0.15) is 39.0 Å². The van der Waals surface area contributed by atoms with Gasteiger partial charge in [-0.2, -0.15) is 0 Å². The van der Waals surface area contributed by atoms with E-state index in [2.05, 4.69) is 17.9 Å². The maximum Gasteiger partial charge on any atom is 0.269 e. The zero-order valence-corrected chi connectivity index (χ0v) is 16.9. The molecule has 0 spiro atoms. The minimum absolute atomic E-state index is 0.127. The molecular weight excluding hydrogens is 374 g/mol. The first-order valence-corrected chi connectivity index (χ1v) is 10.7. The van der Waals surface area contributed by atoms with Crippen molar-refractivity contribution in [3.63, 3.8) is 0 Å². The highest BCUT2D eigenvalue weighted by Crippen LogP contribution is 2.33. The number of non-ortho nitro benzene ring substituents is 1. The van der Waals surface area contributed by atoms with Crippen molar-refractivity contribution in [2.75, 3.05) is 26.2 Å². The van der Waals surface area contributed by atoms with Gasteiger partial charge in [0.15, 0.2) is 0 Å². The Bertz CT molecular complexity index is 887. The molecular formula is C21H25N3O3S. The first kappa shape index (κ1) is 19.1. The van der Waals surface area contributed by atoms with Crippen LogP contribution in [0.4, 0.5) is 5.69 Å². The molecule has 148 valence electrons. The van der Waals surface area contributed by atoms with Crippen LogP contribution in [-0.2, 0) is 19.4 Å². The van der Waals surface area contributed by atoms with Gasteiger partial charge in [0.2, 0.25) is 0 Å². The molecule has 1 aromatic carbocycles. The van der Waals surface area contributed by atoms with Gasteiger partial charge in [-0.1, -0.05) is 19.1 Å². The van der Waals surface area contributed by atoms with E-state index in [0.29, 0.717) is 25.6 Å². The van der Waals surface area contributed by atoms with E-state index in [0.717, 1.165) is 36.4 Å². The summed E-state index contributed by atoms with van der Waals surface area (Å²) in [5.41, 5.74) is 2.44. The van der Waals surface area contributed by atoms with Crippen molar-refractivity contribution in [1.29, 1.82) is 0 Å². The summed E-state index contributed by atoms with van der Waals surface area (Å²) in [6.45, 7) is 5.93. The number of aryl methyl sites for hydroxylation is 1. The van der Waals surface area contributed by atoms with Crippen LogP contribution in [-0.4, -0.2) is 46.8 Å². The van der Waals surface area contributed by atoms with Crippen LogP contribution in [0.5, 0.6) is 0 Å². The lowest BCUT2D eigenvalue weighted by atomic mass is 9.90. The van der Waals surface area contributed by atoms with Crippen molar-refractivity contribution >= 4 is 22.9 Å². The third-order valence-electron chi connectivity index (χ3n) is 5.73. The van der Waals surface area contributed by atoms with Gasteiger partial charge in [0, 0.05) is 49.7 Å². The Morgan fingerprint density at radius 1 is 1.25 bits per heavy atom. The smallest absolute Gasteiger partial charge is 0.269 e. The lowest BCUT2D eigenvalue weighted by Gasteiger charge is -2.34. The van der Waals surface area contributed by atoms with Crippen molar-refractivity contribution in [2.24, 2.45) is 5.92 Å². The van der Waals surface area contributed by atoms with Crippen LogP contribution in [0, 0.1) is 16.0 Å².